The average molecular weight is 349 g/mol. The molecular formula is C21H19NO4. The van der Waals surface area contributed by atoms with Gasteiger partial charge in [0.25, 0.3) is 5.91 Å². The Balaban J connectivity index is 1.72. The molecule has 132 valence electrons. The first kappa shape index (κ1) is 17.4. The molecule has 0 aliphatic heterocycles. The summed E-state index contributed by atoms with van der Waals surface area (Å²) in [7, 11) is 1.48. The van der Waals surface area contributed by atoms with Crippen molar-refractivity contribution >= 4 is 5.91 Å². The molecule has 0 aromatic heterocycles. The number of methoxy groups -OCH3 is 1. The summed E-state index contributed by atoms with van der Waals surface area (Å²) >= 11 is 0. The third kappa shape index (κ3) is 3.95. The fourth-order valence-electron chi connectivity index (χ4n) is 2.61. The van der Waals surface area contributed by atoms with E-state index in [2.05, 4.69) is 5.32 Å². The zero-order chi connectivity index (χ0) is 18.5. The standard InChI is InChI=1S/C21H19NO4/c1-26-20-11-14(5-10-19(20)24)13-22-21(25)17-4-2-3-16(12-17)15-6-8-18(23)9-7-15/h2-12,23-24H,13H2,1H3,(H,22,25). The highest BCUT2D eigenvalue weighted by molar-refractivity contribution is 5.95. The van der Waals surface area contributed by atoms with Crippen LogP contribution in [0.1, 0.15) is 15.9 Å². The van der Waals surface area contributed by atoms with Crippen molar-refractivity contribution in [3.63, 3.8) is 0 Å². The number of nitrogens with one attached hydrogen (secondary N) is 1. The maximum absolute atomic E-state index is 12.4. The zero-order valence-electron chi connectivity index (χ0n) is 14.3. The lowest BCUT2D eigenvalue weighted by Crippen LogP contribution is -2.22. The monoisotopic (exact) mass is 349 g/mol. The topological polar surface area (TPSA) is 78.8 Å². The van der Waals surface area contributed by atoms with Gasteiger partial charge in [0.15, 0.2) is 11.5 Å². The number of carbonyl (C=O) groups excluding carboxylic acids is 1. The molecule has 5 heteroatoms. The Morgan fingerprint density at radius 3 is 2.46 bits per heavy atom. The van der Waals surface area contributed by atoms with Crippen LogP contribution in [0.15, 0.2) is 66.7 Å². The third-order valence-electron chi connectivity index (χ3n) is 4.02. The SMILES string of the molecule is COc1cc(CNC(=O)c2cccc(-c3ccc(O)cc3)c2)ccc1O. The van der Waals surface area contributed by atoms with Gasteiger partial charge in [-0.2, -0.15) is 0 Å². The summed E-state index contributed by atoms with van der Waals surface area (Å²) in [6.07, 6.45) is 0. The second kappa shape index (κ2) is 7.61. The Morgan fingerprint density at radius 1 is 0.962 bits per heavy atom. The molecule has 5 nitrogen and oxygen atoms in total. The van der Waals surface area contributed by atoms with Gasteiger partial charge in [-0.25, -0.2) is 0 Å². The Hall–Kier alpha value is -3.47. The number of hydrogen-bond acceptors (Lipinski definition) is 4. The highest BCUT2D eigenvalue weighted by Gasteiger charge is 2.08. The Bertz CT molecular complexity index is 920. The molecule has 3 N–H and O–H groups in total. The van der Waals surface area contributed by atoms with E-state index >= 15 is 0 Å². The zero-order valence-corrected chi connectivity index (χ0v) is 14.3. The molecule has 0 radical (unpaired) electrons. The van der Waals surface area contributed by atoms with Gasteiger partial charge in [0.05, 0.1) is 7.11 Å². The van der Waals surface area contributed by atoms with Crippen molar-refractivity contribution < 1.29 is 19.7 Å². The van der Waals surface area contributed by atoms with E-state index in [0.717, 1.165) is 16.7 Å². The quantitative estimate of drug-likeness (QED) is 0.656. The average Bonchev–Trinajstić information content (AvgIpc) is 2.67. The van der Waals surface area contributed by atoms with Gasteiger partial charge in [-0.3, -0.25) is 4.79 Å². The summed E-state index contributed by atoms with van der Waals surface area (Å²) in [6, 6.07) is 19.1. The first-order valence-electron chi connectivity index (χ1n) is 8.10. The number of hydrogen-bond donors (Lipinski definition) is 3. The van der Waals surface area contributed by atoms with Crippen LogP contribution in [0.2, 0.25) is 0 Å². The van der Waals surface area contributed by atoms with E-state index in [1.807, 2.05) is 12.1 Å². The highest BCUT2D eigenvalue weighted by Crippen LogP contribution is 2.26. The third-order valence-corrected chi connectivity index (χ3v) is 4.02. The van der Waals surface area contributed by atoms with Gasteiger partial charge in [-0.05, 0) is 53.1 Å². The van der Waals surface area contributed by atoms with Crippen molar-refractivity contribution in [1.29, 1.82) is 0 Å². The van der Waals surface area contributed by atoms with Crippen LogP contribution in [-0.4, -0.2) is 23.2 Å². The molecule has 0 aliphatic carbocycles. The maximum Gasteiger partial charge on any atom is 0.251 e. The molecule has 0 spiro atoms. The molecule has 0 atom stereocenters. The Morgan fingerprint density at radius 2 is 1.73 bits per heavy atom. The van der Waals surface area contributed by atoms with Gasteiger partial charge in [0.1, 0.15) is 5.75 Å². The highest BCUT2D eigenvalue weighted by atomic mass is 16.5. The summed E-state index contributed by atoms with van der Waals surface area (Å²) in [5, 5.41) is 21.9. The predicted molar refractivity (Wildman–Crippen MR) is 99.4 cm³/mol. The smallest absolute Gasteiger partial charge is 0.251 e. The summed E-state index contributed by atoms with van der Waals surface area (Å²) in [4.78, 5) is 12.4. The van der Waals surface area contributed by atoms with Crippen molar-refractivity contribution in [2.45, 2.75) is 6.54 Å². The second-order valence-electron chi connectivity index (χ2n) is 5.82. The molecule has 3 aromatic rings. The molecule has 1 amide bonds. The fraction of sp³-hybridized carbons (Fsp3) is 0.0952. The predicted octanol–water partition coefficient (Wildman–Crippen LogP) is 3.70. The van der Waals surface area contributed by atoms with Crippen LogP contribution >= 0.6 is 0 Å². The molecule has 0 saturated heterocycles. The summed E-state index contributed by atoms with van der Waals surface area (Å²) in [5.41, 5.74) is 3.17. The van der Waals surface area contributed by atoms with Gasteiger partial charge in [0, 0.05) is 12.1 Å². The van der Waals surface area contributed by atoms with Crippen molar-refractivity contribution in [3.8, 4) is 28.4 Å². The van der Waals surface area contributed by atoms with Crippen LogP contribution in [0.3, 0.4) is 0 Å². The number of carbonyl (C=O) groups is 1. The lowest BCUT2D eigenvalue weighted by molar-refractivity contribution is 0.0951. The van der Waals surface area contributed by atoms with Gasteiger partial charge in [-0.15, -0.1) is 0 Å². The Labute approximate surface area is 151 Å². The number of phenols is 2. The molecular weight excluding hydrogens is 330 g/mol. The molecule has 0 unspecified atom stereocenters. The second-order valence-corrected chi connectivity index (χ2v) is 5.82. The summed E-state index contributed by atoms with van der Waals surface area (Å²) < 4.78 is 5.07. The summed E-state index contributed by atoms with van der Waals surface area (Å²) in [6.45, 7) is 0.318. The van der Waals surface area contributed by atoms with E-state index in [4.69, 9.17) is 4.74 Å². The van der Waals surface area contributed by atoms with Crippen molar-refractivity contribution in [2.75, 3.05) is 7.11 Å². The van der Waals surface area contributed by atoms with E-state index < -0.39 is 0 Å². The molecule has 0 aliphatic rings. The largest absolute Gasteiger partial charge is 0.508 e. The van der Waals surface area contributed by atoms with Crippen LogP contribution in [0, 0.1) is 0 Å². The van der Waals surface area contributed by atoms with Crippen LogP contribution in [-0.2, 0) is 6.54 Å². The molecule has 26 heavy (non-hydrogen) atoms. The van der Waals surface area contributed by atoms with Gasteiger partial charge in [0.2, 0.25) is 0 Å². The van der Waals surface area contributed by atoms with Crippen molar-refractivity contribution in [3.05, 3.63) is 77.9 Å². The van der Waals surface area contributed by atoms with E-state index in [1.54, 1.807) is 48.5 Å². The molecule has 0 fully saturated rings. The first-order chi connectivity index (χ1) is 12.6. The number of ether oxygens (including phenoxy) is 1. The molecule has 3 rings (SSSR count). The molecule has 3 aromatic carbocycles. The number of amides is 1. The van der Waals surface area contributed by atoms with E-state index in [-0.39, 0.29) is 17.4 Å². The van der Waals surface area contributed by atoms with Crippen LogP contribution in [0.5, 0.6) is 17.2 Å². The van der Waals surface area contributed by atoms with E-state index in [9.17, 15) is 15.0 Å². The van der Waals surface area contributed by atoms with E-state index in [1.165, 1.54) is 13.2 Å². The number of rotatable bonds is 5. The van der Waals surface area contributed by atoms with E-state index in [0.29, 0.717) is 17.9 Å². The minimum Gasteiger partial charge on any atom is -0.508 e. The first-order valence-corrected chi connectivity index (χ1v) is 8.10. The van der Waals surface area contributed by atoms with Gasteiger partial charge in [-0.1, -0.05) is 30.3 Å². The molecule has 0 heterocycles. The van der Waals surface area contributed by atoms with Gasteiger partial charge < -0.3 is 20.3 Å². The van der Waals surface area contributed by atoms with Crippen LogP contribution in [0.4, 0.5) is 0 Å². The molecule has 0 saturated carbocycles. The van der Waals surface area contributed by atoms with Gasteiger partial charge >= 0.3 is 0 Å². The number of phenolic OH excluding ortho intramolecular Hbond substituents is 2. The fourth-order valence-corrected chi connectivity index (χ4v) is 2.61. The molecule has 0 bridgehead atoms. The summed E-state index contributed by atoms with van der Waals surface area (Å²) in [5.74, 6) is 0.430. The number of aromatic hydroxyl groups is 2. The van der Waals surface area contributed by atoms with Crippen molar-refractivity contribution in [1.82, 2.24) is 5.32 Å². The van der Waals surface area contributed by atoms with Crippen molar-refractivity contribution in [2.24, 2.45) is 0 Å². The number of benzene rings is 3. The van der Waals surface area contributed by atoms with Crippen LogP contribution in [0.25, 0.3) is 11.1 Å². The minimum atomic E-state index is -0.197. The Kier molecular flexibility index (Phi) is 5.08. The normalized spacial score (nSPS) is 10.3. The lowest BCUT2D eigenvalue weighted by atomic mass is 10.0. The maximum atomic E-state index is 12.4. The lowest BCUT2D eigenvalue weighted by Gasteiger charge is -2.09. The van der Waals surface area contributed by atoms with Crippen LogP contribution < -0.4 is 10.1 Å². The minimum absolute atomic E-state index is 0.0594.